The fraction of sp³-hybridized carbons (Fsp3) is 0.353. The third kappa shape index (κ3) is 2.79. The average Bonchev–Trinajstić information content (AvgIpc) is 3.05. The van der Waals surface area contributed by atoms with Crippen molar-refractivity contribution in [1.29, 1.82) is 0 Å². The number of likely N-dealkylation sites (tertiary alicyclic amines) is 1. The molecule has 5 nitrogen and oxygen atoms in total. The van der Waals surface area contributed by atoms with E-state index in [1.165, 1.54) is 0 Å². The van der Waals surface area contributed by atoms with Crippen LogP contribution in [0.3, 0.4) is 0 Å². The predicted octanol–water partition coefficient (Wildman–Crippen LogP) is 2.84. The highest BCUT2D eigenvalue weighted by Crippen LogP contribution is 2.31. The summed E-state index contributed by atoms with van der Waals surface area (Å²) in [7, 11) is 1.64. The Morgan fingerprint density at radius 1 is 1.27 bits per heavy atom. The van der Waals surface area contributed by atoms with Gasteiger partial charge in [-0.25, -0.2) is 9.97 Å². The second kappa shape index (κ2) is 6.13. The Labute approximate surface area is 130 Å². The van der Waals surface area contributed by atoms with Crippen LogP contribution in [-0.2, 0) is 4.79 Å². The van der Waals surface area contributed by atoms with Crippen LogP contribution in [0, 0.1) is 0 Å². The molecular weight excluding hydrogens is 278 g/mol. The molecule has 1 fully saturated rings. The molecule has 1 saturated heterocycles. The van der Waals surface area contributed by atoms with E-state index >= 15 is 0 Å². The second-order valence-corrected chi connectivity index (χ2v) is 5.40. The molecule has 5 heteroatoms. The number of rotatable bonds is 3. The second-order valence-electron chi connectivity index (χ2n) is 5.40. The zero-order valence-electron chi connectivity index (χ0n) is 12.8. The predicted molar refractivity (Wildman–Crippen MR) is 83.4 cm³/mol. The topological polar surface area (TPSA) is 55.3 Å². The quantitative estimate of drug-likeness (QED) is 0.874. The number of aromatic nitrogens is 2. The molecule has 2 heterocycles. The molecule has 0 N–H and O–H groups in total. The maximum Gasteiger partial charge on any atom is 0.220 e. The summed E-state index contributed by atoms with van der Waals surface area (Å²) >= 11 is 0. The molecular formula is C17H19N3O2. The summed E-state index contributed by atoms with van der Waals surface area (Å²) in [6.45, 7) is 2.42. The van der Waals surface area contributed by atoms with Crippen molar-refractivity contribution in [3.05, 3.63) is 42.2 Å². The van der Waals surface area contributed by atoms with Crippen molar-refractivity contribution < 1.29 is 9.53 Å². The summed E-state index contributed by atoms with van der Waals surface area (Å²) < 4.78 is 5.17. The van der Waals surface area contributed by atoms with E-state index in [0.29, 0.717) is 5.82 Å². The Kier molecular flexibility index (Phi) is 4.04. The van der Waals surface area contributed by atoms with Gasteiger partial charge >= 0.3 is 0 Å². The summed E-state index contributed by atoms with van der Waals surface area (Å²) in [5, 5.41) is 0. The summed E-state index contributed by atoms with van der Waals surface area (Å²) in [4.78, 5) is 22.6. The highest BCUT2D eigenvalue weighted by atomic mass is 16.5. The highest BCUT2D eigenvalue weighted by molar-refractivity contribution is 5.74. The molecule has 0 unspecified atom stereocenters. The van der Waals surface area contributed by atoms with Gasteiger partial charge in [-0.15, -0.1) is 0 Å². The van der Waals surface area contributed by atoms with E-state index < -0.39 is 0 Å². The lowest BCUT2D eigenvalue weighted by Crippen LogP contribution is -2.28. The van der Waals surface area contributed by atoms with E-state index in [1.54, 1.807) is 20.2 Å². The van der Waals surface area contributed by atoms with Gasteiger partial charge in [-0.3, -0.25) is 4.79 Å². The number of amides is 1. The molecule has 3 rings (SSSR count). The first-order valence-electron chi connectivity index (χ1n) is 7.43. The largest absolute Gasteiger partial charge is 0.497 e. The monoisotopic (exact) mass is 297 g/mol. The van der Waals surface area contributed by atoms with E-state index in [-0.39, 0.29) is 11.9 Å². The summed E-state index contributed by atoms with van der Waals surface area (Å²) in [6.07, 6.45) is 3.74. The number of methoxy groups -OCH3 is 1. The zero-order valence-corrected chi connectivity index (χ0v) is 12.8. The minimum absolute atomic E-state index is 0.0671. The first-order valence-corrected chi connectivity index (χ1v) is 7.43. The maximum atomic E-state index is 11.7. The molecule has 22 heavy (non-hydrogen) atoms. The smallest absolute Gasteiger partial charge is 0.220 e. The molecule has 114 valence electrons. The van der Waals surface area contributed by atoms with Crippen molar-refractivity contribution in [3.8, 4) is 17.1 Å². The van der Waals surface area contributed by atoms with Gasteiger partial charge in [0, 0.05) is 25.2 Å². The summed E-state index contributed by atoms with van der Waals surface area (Å²) in [5.74, 6) is 1.58. The number of hydrogen-bond donors (Lipinski definition) is 0. The Balaban J connectivity index is 1.90. The van der Waals surface area contributed by atoms with Gasteiger partial charge in [0.05, 0.1) is 18.8 Å². The van der Waals surface area contributed by atoms with E-state index in [9.17, 15) is 4.79 Å². The first-order chi connectivity index (χ1) is 10.7. The molecule has 0 saturated carbocycles. The minimum atomic E-state index is 0.0671. The van der Waals surface area contributed by atoms with Crippen LogP contribution in [0.2, 0.25) is 0 Å². The van der Waals surface area contributed by atoms with Crippen molar-refractivity contribution in [2.24, 2.45) is 0 Å². The number of carbonyl (C=O) groups is 1. The SMILES string of the molecule is COc1ccc(-c2nccc([C@H]3CCCN3C(C)=O)n2)cc1. The molecule has 0 radical (unpaired) electrons. The van der Waals surface area contributed by atoms with E-state index in [1.807, 2.05) is 35.2 Å². The van der Waals surface area contributed by atoms with Crippen LogP contribution in [0.4, 0.5) is 0 Å². The van der Waals surface area contributed by atoms with Crippen molar-refractivity contribution in [2.45, 2.75) is 25.8 Å². The van der Waals surface area contributed by atoms with E-state index in [4.69, 9.17) is 4.74 Å². The van der Waals surface area contributed by atoms with Gasteiger partial charge in [0.15, 0.2) is 5.82 Å². The van der Waals surface area contributed by atoms with E-state index in [2.05, 4.69) is 9.97 Å². The molecule has 0 spiro atoms. The average molecular weight is 297 g/mol. The molecule has 0 bridgehead atoms. The van der Waals surface area contributed by atoms with Gasteiger partial charge in [-0.05, 0) is 43.2 Å². The Bertz CT molecular complexity index is 670. The fourth-order valence-corrected chi connectivity index (χ4v) is 2.89. The molecule has 1 atom stereocenters. The van der Waals surface area contributed by atoms with Crippen LogP contribution in [0.5, 0.6) is 5.75 Å². The molecule has 1 aliphatic heterocycles. The Morgan fingerprint density at radius 3 is 2.73 bits per heavy atom. The van der Waals surface area contributed by atoms with Crippen LogP contribution < -0.4 is 4.74 Å². The van der Waals surface area contributed by atoms with Crippen LogP contribution >= 0.6 is 0 Å². The fourth-order valence-electron chi connectivity index (χ4n) is 2.89. The Hall–Kier alpha value is -2.43. The van der Waals surface area contributed by atoms with Crippen LogP contribution in [0.25, 0.3) is 11.4 Å². The van der Waals surface area contributed by atoms with Crippen LogP contribution in [-0.4, -0.2) is 34.4 Å². The van der Waals surface area contributed by atoms with E-state index in [0.717, 1.165) is 36.4 Å². The molecule has 1 aliphatic rings. The molecule has 1 aromatic carbocycles. The van der Waals surface area contributed by atoms with Crippen molar-refractivity contribution >= 4 is 5.91 Å². The maximum absolute atomic E-state index is 11.7. The Morgan fingerprint density at radius 2 is 2.05 bits per heavy atom. The first kappa shape index (κ1) is 14.5. The van der Waals surface area contributed by atoms with Gasteiger partial charge < -0.3 is 9.64 Å². The van der Waals surface area contributed by atoms with Crippen molar-refractivity contribution in [3.63, 3.8) is 0 Å². The molecule has 1 amide bonds. The minimum Gasteiger partial charge on any atom is -0.497 e. The summed E-state index contributed by atoms with van der Waals surface area (Å²) in [6, 6.07) is 9.63. The van der Waals surface area contributed by atoms with Gasteiger partial charge in [0.2, 0.25) is 5.91 Å². The number of nitrogens with zero attached hydrogens (tertiary/aromatic N) is 3. The van der Waals surface area contributed by atoms with Crippen LogP contribution in [0.15, 0.2) is 36.5 Å². The standard InChI is InChI=1S/C17H19N3O2/c1-12(21)20-11-3-4-16(20)15-9-10-18-17(19-15)13-5-7-14(22-2)8-6-13/h5-10,16H,3-4,11H2,1-2H3/t16-/m1/s1. The number of ether oxygens (including phenoxy) is 1. The molecule has 0 aliphatic carbocycles. The zero-order chi connectivity index (χ0) is 15.5. The number of benzene rings is 1. The van der Waals surface area contributed by atoms with Gasteiger partial charge in [-0.1, -0.05) is 0 Å². The lowest BCUT2D eigenvalue weighted by atomic mass is 10.1. The normalized spacial score (nSPS) is 17.5. The molecule has 2 aromatic rings. The van der Waals surface area contributed by atoms with Gasteiger partial charge in [-0.2, -0.15) is 0 Å². The number of hydrogen-bond acceptors (Lipinski definition) is 4. The lowest BCUT2D eigenvalue weighted by Gasteiger charge is -2.22. The van der Waals surface area contributed by atoms with Crippen molar-refractivity contribution in [1.82, 2.24) is 14.9 Å². The van der Waals surface area contributed by atoms with Crippen molar-refractivity contribution in [2.75, 3.05) is 13.7 Å². The summed E-state index contributed by atoms with van der Waals surface area (Å²) in [5.41, 5.74) is 1.85. The van der Waals surface area contributed by atoms with Gasteiger partial charge in [0.25, 0.3) is 0 Å². The third-order valence-electron chi connectivity index (χ3n) is 4.02. The van der Waals surface area contributed by atoms with Crippen LogP contribution in [0.1, 0.15) is 31.5 Å². The number of carbonyl (C=O) groups excluding carboxylic acids is 1. The third-order valence-corrected chi connectivity index (χ3v) is 4.02. The lowest BCUT2D eigenvalue weighted by molar-refractivity contribution is -0.129. The molecule has 1 aromatic heterocycles. The van der Waals surface area contributed by atoms with Gasteiger partial charge in [0.1, 0.15) is 5.75 Å². The highest BCUT2D eigenvalue weighted by Gasteiger charge is 2.29.